The van der Waals surface area contributed by atoms with Crippen molar-refractivity contribution in [1.82, 2.24) is 0 Å². The molecule has 1 nitrogen and oxygen atoms in total. The van der Waals surface area contributed by atoms with Crippen molar-refractivity contribution in [3.8, 4) is 0 Å². The summed E-state index contributed by atoms with van der Waals surface area (Å²) < 4.78 is 0. The molecule has 0 saturated carbocycles. The summed E-state index contributed by atoms with van der Waals surface area (Å²) in [6.45, 7) is 3.73. The summed E-state index contributed by atoms with van der Waals surface area (Å²) in [7, 11) is 0. The first kappa shape index (κ1) is 10.7. The molecular weight excluding hydrogens is 150 g/mol. The van der Waals surface area contributed by atoms with Gasteiger partial charge in [-0.15, -0.1) is 0 Å². The van der Waals surface area contributed by atoms with Crippen LogP contribution in [0.2, 0.25) is 0 Å². The van der Waals surface area contributed by atoms with E-state index in [2.05, 4.69) is 0 Å². The van der Waals surface area contributed by atoms with Crippen molar-refractivity contribution in [3.05, 3.63) is 0 Å². The summed E-state index contributed by atoms with van der Waals surface area (Å²) in [6, 6.07) is 0. The van der Waals surface area contributed by atoms with E-state index in [-0.39, 0.29) is 65.7 Å². The Morgan fingerprint density at radius 1 is 1.83 bits per heavy atom. The molecular formula is C4H11ORb. The molecule has 0 spiro atoms. The molecule has 0 fully saturated rings. The Morgan fingerprint density at radius 3 is 2.00 bits per heavy atom. The van der Waals surface area contributed by atoms with E-state index in [9.17, 15) is 0 Å². The van der Waals surface area contributed by atoms with E-state index >= 15 is 0 Å². The summed E-state index contributed by atoms with van der Waals surface area (Å²) in [5.41, 5.74) is 0. The van der Waals surface area contributed by atoms with E-state index in [0.29, 0.717) is 0 Å². The summed E-state index contributed by atoms with van der Waals surface area (Å²) in [5, 5.41) is 8.36. The van der Waals surface area contributed by atoms with Crippen LogP contribution in [-0.2, 0) is 0 Å². The van der Waals surface area contributed by atoms with Gasteiger partial charge >= 0.3 is 58.2 Å². The van der Waals surface area contributed by atoms with Gasteiger partial charge in [-0.05, 0) is 13.3 Å². The first-order valence-electron chi connectivity index (χ1n) is 1.95. The van der Waals surface area contributed by atoms with Crippen molar-refractivity contribution in [2.45, 2.75) is 26.4 Å². The minimum Gasteiger partial charge on any atom is -1.00 e. The molecule has 0 saturated heterocycles. The maximum atomic E-state index is 8.36. The van der Waals surface area contributed by atoms with E-state index in [1.807, 2.05) is 6.92 Å². The van der Waals surface area contributed by atoms with Gasteiger partial charge < -0.3 is 6.53 Å². The normalized spacial score (nSPS) is 12.5. The molecule has 2 heteroatoms. The minimum atomic E-state index is -0.116. The second kappa shape index (κ2) is 6.77. The monoisotopic (exact) mass is 160 g/mol. The first-order valence-corrected chi connectivity index (χ1v) is 1.95. The van der Waals surface area contributed by atoms with Gasteiger partial charge in [0.15, 0.2) is 0 Å². The second-order valence-corrected chi connectivity index (χ2v) is 1.26. The summed E-state index contributed by atoms with van der Waals surface area (Å²) in [4.78, 5) is 0. The molecule has 0 aliphatic rings. The zero-order valence-corrected chi connectivity index (χ0v) is 9.65. The van der Waals surface area contributed by atoms with Crippen LogP contribution in [0.1, 0.15) is 21.7 Å². The van der Waals surface area contributed by atoms with Gasteiger partial charge in [-0.2, -0.15) is 0 Å². The molecule has 0 aromatic carbocycles. The van der Waals surface area contributed by atoms with Crippen LogP contribution in [0, 0.1) is 0 Å². The SMILES string of the molecule is CCC(C)O.[H-].[Rb+]. The van der Waals surface area contributed by atoms with Crippen LogP contribution in [0.5, 0.6) is 0 Å². The van der Waals surface area contributed by atoms with Crippen molar-refractivity contribution < 1.29 is 64.7 Å². The van der Waals surface area contributed by atoms with Gasteiger partial charge in [0.1, 0.15) is 0 Å². The van der Waals surface area contributed by atoms with Gasteiger partial charge in [0.25, 0.3) is 0 Å². The number of aliphatic hydroxyl groups excluding tert-OH is 1. The van der Waals surface area contributed by atoms with Crippen molar-refractivity contribution in [1.29, 1.82) is 0 Å². The van der Waals surface area contributed by atoms with E-state index in [0.717, 1.165) is 6.42 Å². The maximum absolute atomic E-state index is 8.36. The van der Waals surface area contributed by atoms with E-state index in [4.69, 9.17) is 5.11 Å². The summed E-state index contributed by atoms with van der Waals surface area (Å²) in [6.07, 6.45) is 0.745. The molecule has 0 radical (unpaired) electrons. The molecule has 0 aromatic heterocycles. The average Bonchev–Trinajstić information content (AvgIpc) is 1.38. The Labute approximate surface area is 89.4 Å². The second-order valence-electron chi connectivity index (χ2n) is 1.26. The van der Waals surface area contributed by atoms with Gasteiger partial charge in [-0.25, -0.2) is 0 Å². The van der Waals surface area contributed by atoms with E-state index in [1.54, 1.807) is 6.92 Å². The Balaban J connectivity index is -0.0000000800. The first-order chi connectivity index (χ1) is 2.27. The van der Waals surface area contributed by atoms with Crippen LogP contribution >= 0.6 is 0 Å². The minimum absolute atomic E-state index is 0. The molecule has 34 valence electrons. The standard InChI is InChI=1S/C4H10O.Rb.H/c1-3-4(2)5;;/h4-5H,3H2,1-2H3;;/q;+1;-1. The molecule has 6 heavy (non-hydrogen) atoms. The van der Waals surface area contributed by atoms with Crippen LogP contribution in [0.25, 0.3) is 0 Å². The van der Waals surface area contributed by atoms with Crippen LogP contribution in [0.4, 0.5) is 0 Å². The largest absolute Gasteiger partial charge is 1.00 e. The molecule has 0 aliphatic heterocycles. The molecule has 1 atom stereocenters. The number of aliphatic hydroxyl groups is 1. The molecule has 0 aromatic rings. The molecule has 0 bridgehead atoms. The van der Waals surface area contributed by atoms with Crippen LogP contribution in [-0.4, -0.2) is 11.2 Å². The van der Waals surface area contributed by atoms with Crippen molar-refractivity contribution in [3.63, 3.8) is 0 Å². The van der Waals surface area contributed by atoms with Gasteiger partial charge in [-0.1, -0.05) is 6.92 Å². The number of hydrogen-bond acceptors (Lipinski definition) is 1. The van der Waals surface area contributed by atoms with E-state index < -0.39 is 0 Å². The Morgan fingerprint density at radius 2 is 2.00 bits per heavy atom. The van der Waals surface area contributed by atoms with E-state index in [1.165, 1.54) is 0 Å². The number of rotatable bonds is 1. The van der Waals surface area contributed by atoms with Crippen LogP contribution in [0.15, 0.2) is 0 Å². The maximum Gasteiger partial charge on any atom is 1.00 e. The zero-order chi connectivity index (χ0) is 4.28. The van der Waals surface area contributed by atoms with Gasteiger partial charge in [-0.3, -0.25) is 0 Å². The van der Waals surface area contributed by atoms with Crippen LogP contribution < -0.4 is 58.2 Å². The predicted octanol–water partition coefficient (Wildman–Crippen LogP) is -2.11. The molecule has 1 N–H and O–H groups in total. The van der Waals surface area contributed by atoms with Gasteiger partial charge in [0.05, 0.1) is 6.10 Å². The topological polar surface area (TPSA) is 20.2 Å². The Kier molecular flexibility index (Phi) is 12.1. The fourth-order valence-corrected chi connectivity index (χ4v) is 0. The fourth-order valence-electron chi connectivity index (χ4n) is 0. The third kappa shape index (κ3) is 9.23. The molecule has 0 amide bonds. The Hall–Kier alpha value is 1.77. The Bertz CT molecular complexity index is 25.7. The van der Waals surface area contributed by atoms with Gasteiger partial charge in [0, 0.05) is 0 Å². The van der Waals surface area contributed by atoms with Crippen molar-refractivity contribution in [2.24, 2.45) is 0 Å². The quantitative estimate of drug-likeness (QED) is 0.466. The number of hydrogen-bond donors (Lipinski definition) is 1. The third-order valence-electron chi connectivity index (χ3n) is 0.591. The van der Waals surface area contributed by atoms with Crippen molar-refractivity contribution in [2.75, 3.05) is 0 Å². The smallest absolute Gasteiger partial charge is 1.00 e. The molecule has 1 unspecified atom stereocenters. The molecule has 0 rings (SSSR count). The zero-order valence-electron chi connectivity index (χ0n) is 5.73. The van der Waals surface area contributed by atoms with Crippen molar-refractivity contribution >= 4 is 0 Å². The predicted molar refractivity (Wildman–Crippen MR) is 23.1 cm³/mol. The fraction of sp³-hybridized carbons (Fsp3) is 1.00. The summed E-state index contributed by atoms with van der Waals surface area (Å²) in [5.74, 6) is 0. The van der Waals surface area contributed by atoms with Gasteiger partial charge in [0.2, 0.25) is 0 Å². The molecule has 0 heterocycles. The average molecular weight is 161 g/mol. The molecule has 0 aliphatic carbocycles. The van der Waals surface area contributed by atoms with Crippen LogP contribution in [0.3, 0.4) is 0 Å². The summed E-state index contributed by atoms with van der Waals surface area (Å²) >= 11 is 0. The third-order valence-corrected chi connectivity index (χ3v) is 0.591.